The first-order chi connectivity index (χ1) is 6.05. The molecule has 0 aromatic rings. The number of ketones is 1. The molecule has 0 radical (unpaired) electrons. The average molecular weight is 205 g/mol. The summed E-state index contributed by atoms with van der Waals surface area (Å²) in [6.07, 6.45) is 0.183. The van der Waals surface area contributed by atoms with Gasteiger partial charge in [-0.3, -0.25) is 4.79 Å². The third-order valence-electron chi connectivity index (χ3n) is 2.34. The first kappa shape index (κ1) is 10.7. The van der Waals surface area contributed by atoms with Crippen molar-refractivity contribution in [3.8, 4) is 0 Å². The van der Waals surface area contributed by atoms with Gasteiger partial charge in [-0.05, 0) is 0 Å². The van der Waals surface area contributed by atoms with Gasteiger partial charge < -0.3 is 5.32 Å². The molecule has 1 saturated heterocycles. The smallest absolute Gasteiger partial charge is 0.150 e. The summed E-state index contributed by atoms with van der Waals surface area (Å²) in [5, 5.41) is 2.98. The molecule has 0 bridgehead atoms. The Balaban J connectivity index is 2.29. The van der Waals surface area contributed by atoms with E-state index >= 15 is 0 Å². The van der Waals surface area contributed by atoms with Gasteiger partial charge in [0.05, 0.1) is 5.75 Å². The topological polar surface area (TPSA) is 63.2 Å². The normalized spacial score (nSPS) is 18.2. The van der Waals surface area contributed by atoms with E-state index in [1.807, 2.05) is 0 Å². The van der Waals surface area contributed by atoms with Crippen LogP contribution in [0.4, 0.5) is 0 Å². The summed E-state index contributed by atoms with van der Waals surface area (Å²) in [6, 6.07) is 0. The molecule has 1 heterocycles. The standard InChI is InChI=1S/C8H15NO3S/c1-2-13(11,12)4-3-8(10)7-5-9-6-7/h7,9H,2-6H2,1H3. The van der Waals surface area contributed by atoms with E-state index in [0.717, 1.165) is 0 Å². The summed E-state index contributed by atoms with van der Waals surface area (Å²) in [7, 11) is -2.97. The van der Waals surface area contributed by atoms with Gasteiger partial charge in [-0.25, -0.2) is 8.42 Å². The van der Waals surface area contributed by atoms with Gasteiger partial charge in [-0.15, -0.1) is 0 Å². The lowest BCUT2D eigenvalue weighted by molar-refractivity contribution is -0.123. The fourth-order valence-corrected chi connectivity index (χ4v) is 1.92. The molecule has 0 amide bonds. The van der Waals surface area contributed by atoms with Crippen LogP contribution in [0.3, 0.4) is 0 Å². The van der Waals surface area contributed by atoms with Crippen molar-refractivity contribution in [2.45, 2.75) is 13.3 Å². The lowest BCUT2D eigenvalue weighted by atomic mass is 9.97. The van der Waals surface area contributed by atoms with Crippen molar-refractivity contribution in [2.75, 3.05) is 24.6 Å². The van der Waals surface area contributed by atoms with Gasteiger partial charge in [0.15, 0.2) is 0 Å². The summed E-state index contributed by atoms with van der Waals surface area (Å²) in [5.74, 6) is 0.282. The molecule has 5 heteroatoms. The van der Waals surface area contributed by atoms with E-state index in [0.29, 0.717) is 13.1 Å². The minimum absolute atomic E-state index is 0.0127. The Labute approximate surface area is 78.6 Å². The summed E-state index contributed by atoms with van der Waals surface area (Å²) >= 11 is 0. The molecule has 0 atom stereocenters. The highest BCUT2D eigenvalue weighted by atomic mass is 32.2. The van der Waals surface area contributed by atoms with E-state index in [1.54, 1.807) is 6.92 Å². The van der Waals surface area contributed by atoms with E-state index in [4.69, 9.17) is 0 Å². The average Bonchev–Trinajstić information content (AvgIpc) is 1.98. The Morgan fingerprint density at radius 3 is 2.46 bits per heavy atom. The highest BCUT2D eigenvalue weighted by Gasteiger charge is 2.25. The lowest BCUT2D eigenvalue weighted by Gasteiger charge is -2.25. The molecule has 0 saturated carbocycles. The minimum atomic E-state index is -2.97. The first-order valence-corrected chi connectivity index (χ1v) is 6.31. The lowest BCUT2D eigenvalue weighted by Crippen LogP contribution is -2.46. The molecule has 1 aliphatic rings. The molecule has 1 rings (SSSR count). The molecule has 13 heavy (non-hydrogen) atoms. The number of hydrogen-bond donors (Lipinski definition) is 1. The van der Waals surface area contributed by atoms with Gasteiger partial charge in [-0.2, -0.15) is 0 Å². The Bertz CT molecular complexity index is 280. The van der Waals surface area contributed by atoms with Crippen molar-refractivity contribution in [3.63, 3.8) is 0 Å². The zero-order valence-corrected chi connectivity index (χ0v) is 8.56. The van der Waals surface area contributed by atoms with Gasteiger partial charge in [0, 0.05) is 31.2 Å². The van der Waals surface area contributed by atoms with Crippen molar-refractivity contribution in [2.24, 2.45) is 5.92 Å². The predicted molar refractivity (Wildman–Crippen MR) is 50.3 cm³/mol. The van der Waals surface area contributed by atoms with Gasteiger partial charge >= 0.3 is 0 Å². The SMILES string of the molecule is CCS(=O)(=O)CCC(=O)C1CNC1. The largest absolute Gasteiger partial charge is 0.315 e. The summed E-state index contributed by atoms with van der Waals surface area (Å²) < 4.78 is 22.1. The van der Waals surface area contributed by atoms with Crippen molar-refractivity contribution < 1.29 is 13.2 Å². The Kier molecular flexibility index (Phi) is 3.44. The zero-order chi connectivity index (χ0) is 9.90. The number of sulfone groups is 1. The molecule has 76 valence electrons. The molecule has 1 fully saturated rings. The fraction of sp³-hybridized carbons (Fsp3) is 0.875. The summed E-state index contributed by atoms with van der Waals surface area (Å²) in [6.45, 7) is 3.03. The second-order valence-electron chi connectivity index (χ2n) is 3.31. The third kappa shape index (κ3) is 3.08. The van der Waals surface area contributed by atoms with Crippen LogP contribution in [0.1, 0.15) is 13.3 Å². The Morgan fingerprint density at radius 2 is 2.08 bits per heavy atom. The highest BCUT2D eigenvalue weighted by Crippen LogP contribution is 2.08. The first-order valence-electron chi connectivity index (χ1n) is 4.49. The molecule has 4 nitrogen and oxygen atoms in total. The van der Waals surface area contributed by atoms with Crippen molar-refractivity contribution in [1.29, 1.82) is 0 Å². The zero-order valence-electron chi connectivity index (χ0n) is 7.75. The second kappa shape index (κ2) is 4.19. The van der Waals surface area contributed by atoms with Crippen LogP contribution in [-0.2, 0) is 14.6 Å². The molecule has 0 aliphatic carbocycles. The van der Waals surface area contributed by atoms with Crippen LogP contribution >= 0.6 is 0 Å². The third-order valence-corrected chi connectivity index (χ3v) is 4.04. The number of rotatable bonds is 5. The van der Waals surface area contributed by atoms with Crippen LogP contribution in [0.5, 0.6) is 0 Å². The van der Waals surface area contributed by atoms with Crippen molar-refractivity contribution in [3.05, 3.63) is 0 Å². The number of Topliss-reactive ketones (excluding diaryl/α,β-unsaturated/α-hetero) is 1. The number of carbonyl (C=O) groups is 1. The van der Waals surface area contributed by atoms with Crippen LogP contribution in [0.15, 0.2) is 0 Å². The molecular weight excluding hydrogens is 190 g/mol. The van der Waals surface area contributed by atoms with E-state index in [1.165, 1.54) is 0 Å². The molecular formula is C8H15NO3S. The van der Waals surface area contributed by atoms with E-state index in [9.17, 15) is 13.2 Å². The van der Waals surface area contributed by atoms with Crippen molar-refractivity contribution >= 4 is 15.6 Å². The van der Waals surface area contributed by atoms with Crippen LogP contribution in [0.2, 0.25) is 0 Å². The van der Waals surface area contributed by atoms with Gasteiger partial charge in [0.2, 0.25) is 0 Å². The quantitative estimate of drug-likeness (QED) is 0.663. The summed E-state index contributed by atoms with van der Waals surface area (Å²) in [4.78, 5) is 11.3. The maximum atomic E-state index is 11.3. The number of carbonyl (C=O) groups excluding carboxylic acids is 1. The number of hydrogen-bond acceptors (Lipinski definition) is 4. The molecule has 0 aromatic carbocycles. The monoisotopic (exact) mass is 205 g/mol. The van der Waals surface area contributed by atoms with Gasteiger partial charge in [0.1, 0.15) is 15.6 Å². The van der Waals surface area contributed by atoms with Crippen molar-refractivity contribution in [1.82, 2.24) is 5.32 Å². The molecule has 1 N–H and O–H groups in total. The molecule has 1 aliphatic heterocycles. The van der Waals surface area contributed by atoms with Crippen LogP contribution in [0, 0.1) is 5.92 Å². The Hall–Kier alpha value is -0.420. The molecule has 0 spiro atoms. The maximum Gasteiger partial charge on any atom is 0.150 e. The maximum absolute atomic E-state index is 11.3. The predicted octanol–water partition coefficient (Wildman–Crippen LogP) is -0.400. The Morgan fingerprint density at radius 1 is 1.46 bits per heavy atom. The minimum Gasteiger partial charge on any atom is -0.315 e. The second-order valence-corrected chi connectivity index (χ2v) is 5.78. The fourth-order valence-electron chi connectivity index (χ4n) is 1.12. The molecule has 0 unspecified atom stereocenters. The van der Waals surface area contributed by atoms with E-state index in [2.05, 4.69) is 5.32 Å². The van der Waals surface area contributed by atoms with Gasteiger partial charge in [0.25, 0.3) is 0 Å². The van der Waals surface area contributed by atoms with Crippen LogP contribution in [-0.4, -0.2) is 38.8 Å². The highest BCUT2D eigenvalue weighted by molar-refractivity contribution is 7.91. The molecule has 0 aromatic heterocycles. The van der Waals surface area contributed by atoms with Crippen LogP contribution in [0.25, 0.3) is 0 Å². The van der Waals surface area contributed by atoms with E-state index in [-0.39, 0.29) is 29.6 Å². The van der Waals surface area contributed by atoms with E-state index < -0.39 is 9.84 Å². The summed E-state index contributed by atoms with van der Waals surface area (Å²) in [5.41, 5.74) is 0. The van der Waals surface area contributed by atoms with Crippen LogP contribution < -0.4 is 5.32 Å². The number of nitrogens with one attached hydrogen (secondary N) is 1. The van der Waals surface area contributed by atoms with Gasteiger partial charge in [-0.1, -0.05) is 6.92 Å².